The molecule has 5 nitrogen and oxygen atoms in total. The number of pyridine rings is 1. The number of carbonyl (C=O) groups excluding carboxylic acids is 1. The zero-order valence-electron chi connectivity index (χ0n) is 13.2. The van der Waals surface area contributed by atoms with Gasteiger partial charge in [-0.05, 0) is 30.2 Å². The van der Waals surface area contributed by atoms with Gasteiger partial charge in [0.25, 0.3) is 0 Å². The van der Waals surface area contributed by atoms with Gasteiger partial charge in [-0.2, -0.15) is 0 Å². The molecule has 0 aliphatic rings. The molecule has 0 spiro atoms. The Morgan fingerprint density at radius 1 is 1.23 bits per heavy atom. The summed E-state index contributed by atoms with van der Waals surface area (Å²) >= 11 is 0. The van der Waals surface area contributed by atoms with Gasteiger partial charge in [0.1, 0.15) is 5.82 Å². The molecule has 22 heavy (non-hydrogen) atoms. The summed E-state index contributed by atoms with van der Waals surface area (Å²) in [6.07, 6.45) is 1.75. The van der Waals surface area contributed by atoms with E-state index in [2.05, 4.69) is 15.6 Å². The average Bonchev–Trinajstić information content (AvgIpc) is 2.54. The van der Waals surface area contributed by atoms with Crippen molar-refractivity contribution in [3.8, 4) is 0 Å². The average molecular weight is 298 g/mol. The van der Waals surface area contributed by atoms with E-state index in [1.807, 2.05) is 68.4 Å². The normalized spacial score (nSPS) is 11.6. The Morgan fingerprint density at radius 2 is 1.95 bits per heavy atom. The van der Waals surface area contributed by atoms with Gasteiger partial charge in [0.2, 0.25) is 0 Å². The van der Waals surface area contributed by atoms with Crippen LogP contribution in [0.1, 0.15) is 24.1 Å². The van der Waals surface area contributed by atoms with Gasteiger partial charge < -0.3 is 15.5 Å². The molecule has 1 atom stereocenters. The van der Waals surface area contributed by atoms with E-state index in [1.165, 1.54) is 0 Å². The van der Waals surface area contributed by atoms with Crippen molar-refractivity contribution in [3.05, 3.63) is 59.8 Å². The smallest absolute Gasteiger partial charge is 0.315 e. The van der Waals surface area contributed by atoms with Crippen molar-refractivity contribution in [3.63, 3.8) is 0 Å². The molecule has 1 aromatic carbocycles. The van der Waals surface area contributed by atoms with Crippen LogP contribution in [0.3, 0.4) is 0 Å². The number of rotatable bonds is 5. The van der Waals surface area contributed by atoms with Gasteiger partial charge in [-0.15, -0.1) is 0 Å². The molecule has 2 aromatic rings. The number of urea groups is 1. The third-order valence-electron chi connectivity index (χ3n) is 3.37. The second-order valence-electron chi connectivity index (χ2n) is 5.38. The van der Waals surface area contributed by atoms with E-state index in [0.29, 0.717) is 6.54 Å². The van der Waals surface area contributed by atoms with Crippen LogP contribution in [-0.2, 0) is 6.54 Å². The first-order chi connectivity index (χ1) is 10.6. The summed E-state index contributed by atoms with van der Waals surface area (Å²) in [7, 11) is 3.88. The Kier molecular flexibility index (Phi) is 5.36. The molecule has 0 fully saturated rings. The molecule has 2 amide bonds. The zero-order valence-corrected chi connectivity index (χ0v) is 13.2. The number of carbonyl (C=O) groups is 1. The molecule has 0 saturated carbocycles. The van der Waals surface area contributed by atoms with Crippen LogP contribution in [0, 0.1) is 0 Å². The van der Waals surface area contributed by atoms with E-state index in [4.69, 9.17) is 0 Å². The predicted octanol–water partition coefficient (Wildman–Crippen LogP) is 2.71. The minimum absolute atomic E-state index is 0.0315. The third kappa shape index (κ3) is 4.48. The fourth-order valence-electron chi connectivity index (χ4n) is 2.07. The fourth-order valence-corrected chi connectivity index (χ4v) is 2.07. The number of benzene rings is 1. The van der Waals surface area contributed by atoms with Crippen LogP contribution >= 0.6 is 0 Å². The van der Waals surface area contributed by atoms with Crippen LogP contribution in [0.15, 0.2) is 48.7 Å². The first-order valence-electron chi connectivity index (χ1n) is 7.28. The highest BCUT2D eigenvalue weighted by Gasteiger charge is 2.08. The first-order valence-corrected chi connectivity index (χ1v) is 7.28. The summed E-state index contributed by atoms with van der Waals surface area (Å²) in [6, 6.07) is 13.5. The molecule has 2 rings (SSSR count). The molecule has 0 aliphatic heterocycles. The number of anilines is 1. The maximum atomic E-state index is 12.0. The van der Waals surface area contributed by atoms with Gasteiger partial charge in [0.05, 0.1) is 6.04 Å². The molecular weight excluding hydrogens is 276 g/mol. The standard InChI is InChI=1S/C17H22N4O/c1-13(15-7-5-4-6-8-15)20-17(22)19-12-14-9-10-18-16(11-14)21(2)3/h4-11,13H,12H2,1-3H3,(H2,19,20,22)/t13-/m1/s1. The lowest BCUT2D eigenvalue weighted by Crippen LogP contribution is -2.36. The second-order valence-corrected chi connectivity index (χ2v) is 5.38. The third-order valence-corrected chi connectivity index (χ3v) is 3.37. The van der Waals surface area contributed by atoms with Crippen molar-refractivity contribution in [1.29, 1.82) is 0 Å². The lowest BCUT2D eigenvalue weighted by molar-refractivity contribution is 0.237. The van der Waals surface area contributed by atoms with Gasteiger partial charge in [-0.25, -0.2) is 9.78 Å². The topological polar surface area (TPSA) is 57.3 Å². The highest BCUT2D eigenvalue weighted by atomic mass is 16.2. The minimum Gasteiger partial charge on any atom is -0.363 e. The molecule has 2 N–H and O–H groups in total. The highest BCUT2D eigenvalue weighted by molar-refractivity contribution is 5.74. The van der Waals surface area contributed by atoms with Gasteiger partial charge in [0, 0.05) is 26.8 Å². The predicted molar refractivity (Wildman–Crippen MR) is 88.8 cm³/mol. The number of hydrogen-bond acceptors (Lipinski definition) is 3. The monoisotopic (exact) mass is 298 g/mol. The second kappa shape index (κ2) is 7.45. The summed E-state index contributed by atoms with van der Waals surface area (Å²) in [5.74, 6) is 0.873. The minimum atomic E-state index is -0.181. The van der Waals surface area contributed by atoms with Gasteiger partial charge in [-0.1, -0.05) is 30.3 Å². The van der Waals surface area contributed by atoms with Crippen LogP contribution in [0.25, 0.3) is 0 Å². The van der Waals surface area contributed by atoms with Crippen LogP contribution in [0.4, 0.5) is 10.6 Å². The van der Waals surface area contributed by atoms with Crippen molar-refractivity contribution in [1.82, 2.24) is 15.6 Å². The van der Waals surface area contributed by atoms with Crippen molar-refractivity contribution in [2.45, 2.75) is 19.5 Å². The maximum absolute atomic E-state index is 12.0. The first kappa shape index (κ1) is 15.8. The zero-order chi connectivity index (χ0) is 15.9. The lowest BCUT2D eigenvalue weighted by Gasteiger charge is -2.16. The van der Waals surface area contributed by atoms with Crippen LogP contribution in [-0.4, -0.2) is 25.1 Å². The number of nitrogens with zero attached hydrogens (tertiary/aromatic N) is 2. The molecule has 1 aromatic heterocycles. The molecule has 116 valence electrons. The van der Waals surface area contributed by atoms with E-state index in [0.717, 1.165) is 16.9 Å². The number of amides is 2. The van der Waals surface area contributed by atoms with E-state index in [1.54, 1.807) is 6.20 Å². The van der Waals surface area contributed by atoms with E-state index >= 15 is 0 Å². The molecule has 1 heterocycles. The quantitative estimate of drug-likeness (QED) is 0.892. The Balaban J connectivity index is 1.86. The Morgan fingerprint density at radius 3 is 2.64 bits per heavy atom. The fraction of sp³-hybridized carbons (Fsp3) is 0.294. The molecule has 0 bridgehead atoms. The molecule has 0 radical (unpaired) electrons. The summed E-state index contributed by atoms with van der Waals surface area (Å²) in [5.41, 5.74) is 2.10. The number of nitrogens with one attached hydrogen (secondary N) is 2. The SMILES string of the molecule is C[C@@H](NC(=O)NCc1ccnc(N(C)C)c1)c1ccccc1. The maximum Gasteiger partial charge on any atom is 0.315 e. The molecule has 5 heteroatoms. The van der Waals surface area contributed by atoms with Crippen molar-refractivity contribution in [2.24, 2.45) is 0 Å². The summed E-state index contributed by atoms with van der Waals surface area (Å²) < 4.78 is 0. The Bertz CT molecular complexity index is 613. The van der Waals surface area contributed by atoms with E-state index < -0.39 is 0 Å². The summed E-state index contributed by atoms with van der Waals surface area (Å²) in [4.78, 5) is 18.2. The largest absolute Gasteiger partial charge is 0.363 e. The molecule has 0 saturated heterocycles. The summed E-state index contributed by atoms with van der Waals surface area (Å²) in [5, 5.41) is 5.80. The summed E-state index contributed by atoms with van der Waals surface area (Å²) in [6.45, 7) is 2.43. The van der Waals surface area contributed by atoms with Crippen molar-refractivity contribution < 1.29 is 4.79 Å². The van der Waals surface area contributed by atoms with E-state index in [9.17, 15) is 4.79 Å². The number of aromatic nitrogens is 1. The molecular formula is C17H22N4O. The molecule has 0 aliphatic carbocycles. The number of hydrogen-bond donors (Lipinski definition) is 2. The van der Waals surface area contributed by atoms with Crippen LogP contribution in [0.2, 0.25) is 0 Å². The lowest BCUT2D eigenvalue weighted by atomic mass is 10.1. The van der Waals surface area contributed by atoms with Gasteiger partial charge in [0.15, 0.2) is 0 Å². The van der Waals surface area contributed by atoms with Gasteiger partial charge >= 0.3 is 6.03 Å². The van der Waals surface area contributed by atoms with Crippen molar-refractivity contribution >= 4 is 11.8 Å². The highest BCUT2D eigenvalue weighted by Crippen LogP contribution is 2.11. The van der Waals surface area contributed by atoms with Crippen molar-refractivity contribution in [2.75, 3.05) is 19.0 Å². The molecule has 0 unspecified atom stereocenters. The Hall–Kier alpha value is -2.56. The van der Waals surface area contributed by atoms with Crippen LogP contribution in [0.5, 0.6) is 0 Å². The Labute approximate surface area is 131 Å². The van der Waals surface area contributed by atoms with E-state index in [-0.39, 0.29) is 12.1 Å². The van der Waals surface area contributed by atoms with Gasteiger partial charge in [-0.3, -0.25) is 0 Å². The van der Waals surface area contributed by atoms with Crippen LogP contribution < -0.4 is 15.5 Å².